The Morgan fingerprint density at radius 1 is 1.00 bits per heavy atom. The molecule has 0 atom stereocenters. The number of aromatic hydroxyl groups is 1. The third kappa shape index (κ3) is 5.65. The van der Waals surface area contributed by atoms with Gasteiger partial charge < -0.3 is 10.0 Å². The van der Waals surface area contributed by atoms with Gasteiger partial charge in [-0.05, 0) is 17.2 Å². The van der Waals surface area contributed by atoms with Crippen LogP contribution in [0.15, 0.2) is 84.0 Å². The summed E-state index contributed by atoms with van der Waals surface area (Å²) in [4.78, 5) is 24.6. The molecule has 0 radical (unpaired) electrons. The molecule has 3 rings (SSSR count). The monoisotopic (exact) mass is 404 g/mol. The Labute approximate surface area is 173 Å². The van der Waals surface area contributed by atoms with Crippen molar-refractivity contribution in [3.05, 3.63) is 106 Å². The number of nitro groups is 1. The lowest BCUT2D eigenvalue weighted by Crippen LogP contribution is -2.36. The molecule has 0 aromatic heterocycles. The van der Waals surface area contributed by atoms with Crippen LogP contribution in [0.1, 0.15) is 16.7 Å². The topological polar surface area (TPSA) is 108 Å². The lowest BCUT2D eigenvalue weighted by Gasteiger charge is -2.22. The first-order valence-electron chi connectivity index (χ1n) is 9.16. The molecule has 8 heteroatoms. The standard InChI is InChI=1S/C22H20N4O4/c27-21-12-11-20(26(29)30)13-19(21)14-23-24-22(28)25(15-17-7-3-1-4-8-17)16-18-9-5-2-6-10-18/h1-14,27H,15-16H2,(H,24,28)/b23-14+. The van der Waals surface area contributed by atoms with Crippen molar-refractivity contribution in [1.29, 1.82) is 0 Å². The number of phenolic OH excluding ortho intramolecular Hbond substituents is 1. The molecule has 0 aliphatic rings. The van der Waals surface area contributed by atoms with Crippen molar-refractivity contribution in [2.45, 2.75) is 13.1 Å². The molecular weight excluding hydrogens is 384 g/mol. The highest BCUT2D eigenvalue weighted by Crippen LogP contribution is 2.21. The fourth-order valence-electron chi connectivity index (χ4n) is 2.79. The van der Waals surface area contributed by atoms with E-state index in [1.807, 2.05) is 60.7 Å². The predicted octanol–water partition coefficient (Wildman–Crippen LogP) is 4.05. The van der Waals surface area contributed by atoms with E-state index in [1.54, 1.807) is 4.90 Å². The fraction of sp³-hybridized carbons (Fsp3) is 0.0909. The second kappa shape index (κ2) is 9.83. The number of nitrogens with zero attached hydrogens (tertiary/aromatic N) is 3. The van der Waals surface area contributed by atoms with Gasteiger partial charge in [-0.1, -0.05) is 60.7 Å². The molecule has 0 bridgehead atoms. The summed E-state index contributed by atoms with van der Waals surface area (Å²) in [6.07, 6.45) is 1.17. The summed E-state index contributed by atoms with van der Waals surface area (Å²) >= 11 is 0. The van der Waals surface area contributed by atoms with Gasteiger partial charge in [0, 0.05) is 30.8 Å². The highest BCUT2D eigenvalue weighted by molar-refractivity contribution is 5.85. The SMILES string of the molecule is O=C(N/N=C/c1cc([N+](=O)[O-])ccc1O)N(Cc1ccccc1)Cc1ccccc1. The number of carbonyl (C=O) groups excluding carboxylic acids is 1. The highest BCUT2D eigenvalue weighted by atomic mass is 16.6. The number of carbonyl (C=O) groups is 1. The van der Waals surface area contributed by atoms with E-state index >= 15 is 0 Å². The van der Waals surface area contributed by atoms with Gasteiger partial charge >= 0.3 is 6.03 Å². The van der Waals surface area contributed by atoms with Crippen molar-refractivity contribution in [1.82, 2.24) is 10.3 Å². The first kappa shape index (κ1) is 20.5. The Hall–Kier alpha value is -4.20. The maximum Gasteiger partial charge on any atom is 0.338 e. The van der Waals surface area contributed by atoms with E-state index in [0.29, 0.717) is 13.1 Å². The Bertz CT molecular complexity index is 998. The van der Waals surface area contributed by atoms with Gasteiger partial charge in [0.1, 0.15) is 5.75 Å². The first-order valence-corrected chi connectivity index (χ1v) is 9.16. The molecule has 3 aromatic carbocycles. The number of rotatable bonds is 7. The summed E-state index contributed by atoms with van der Waals surface area (Å²) in [5.41, 5.74) is 4.29. The molecule has 0 unspecified atom stereocenters. The number of nitrogens with one attached hydrogen (secondary N) is 1. The fourth-order valence-corrected chi connectivity index (χ4v) is 2.79. The van der Waals surface area contributed by atoms with Crippen LogP contribution in [0.2, 0.25) is 0 Å². The quantitative estimate of drug-likeness (QED) is 0.352. The minimum atomic E-state index is -0.573. The molecule has 0 fully saturated rings. The van der Waals surface area contributed by atoms with E-state index in [-0.39, 0.29) is 17.0 Å². The molecule has 152 valence electrons. The number of amides is 2. The largest absolute Gasteiger partial charge is 0.507 e. The van der Waals surface area contributed by atoms with Crippen molar-refractivity contribution in [3.8, 4) is 5.75 Å². The van der Waals surface area contributed by atoms with Gasteiger partial charge in [-0.15, -0.1) is 0 Å². The van der Waals surface area contributed by atoms with Crippen LogP contribution in [0.3, 0.4) is 0 Å². The van der Waals surface area contributed by atoms with Gasteiger partial charge in [0.15, 0.2) is 0 Å². The molecule has 0 heterocycles. The van der Waals surface area contributed by atoms with E-state index < -0.39 is 11.0 Å². The van der Waals surface area contributed by atoms with E-state index in [4.69, 9.17) is 0 Å². The van der Waals surface area contributed by atoms with Crippen molar-refractivity contribution >= 4 is 17.9 Å². The van der Waals surface area contributed by atoms with Crippen LogP contribution >= 0.6 is 0 Å². The third-order valence-electron chi connectivity index (χ3n) is 4.31. The van der Waals surface area contributed by atoms with Gasteiger partial charge in [-0.2, -0.15) is 5.10 Å². The summed E-state index contributed by atoms with van der Waals surface area (Å²) in [6.45, 7) is 0.748. The Morgan fingerprint density at radius 3 is 2.10 bits per heavy atom. The summed E-state index contributed by atoms with van der Waals surface area (Å²) in [5.74, 6) is -0.177. The number of non-ortho nitro benzene ring substituents is 1. The molecule has 2 N–H and O–H groups in total. The zero-order valence-corrected chi connectivity index (χ0v) is 16.0. The zero-order chi connectivity index (χ0) is 21.3. The average molecular weight is 404 g/mol. The highest BCUT2D eigenvalue weighted by Gasteiger charge is 2.14. The van der Waals surface area contributed by atoms with Crippen molar-refractivity contribution < 1.29 is 14.8 Å². The summed E-state index contributed by atoms with van der Waals surface area (Å²) < 4.78 is 0. The van der Waals surface area contributed by atoms with Gasteiger partial charge in [0.05, 0.1) is 11.1 Å². The minimum Gasteiger partial charge on any atom is -0.507 e. The average Bonchev–Trinajstić information content (AvgIpc) is 2.76. The van der Waals surface area contributed by atoms with Crippen molar-refractivity contribution in [3.63, 3.8) is 0 Å². The van der Waals surface area contributed by atoms with Crippen LogP contribution in [-0.4, -0.2) is 27.2 Å². The van der Waals surface area contributed by atoms with Crippen molar-refractivity contribution in [2.75, 3.05) is 0 Å². The summed E-state index contributed by atoms with van der Waals surface area (Å²) in [6, 6.07) is 22.2. The third-order valence-corrected chi connectivity index (χ3v) is 4.31. The summed E-state index contributed by atoms with van der Waals surface area (Å²) in [5, 5.41) is 24.6. The number of urea groups is 1. The van der Waals surface area contributed by atoms with Crippen molar-refractivity contribution in [2.24, 2.45) is 5.10 Å². The van der Waals surface area contributed by atoms with E-state index in [0.717, 1.165) is 11.1 Å². The first-order chi connectivity index (χ1) is 14.5. The van der Waals surface area contributed by atoms with E-state index in [9.17, 15) is 20.0 Å². The molecule has 30 heavy (non-hydrogen) atoms. The van der Waals surface area contributed by atoms with Crippen LogP contribution in [-0.2, 0) is 13.1 Å². The second-order valence-electron chi connectivity index (χ2n) is 6.50. The molecule has 0 saturated heterocycles. The minimum absolute atomic E-state index is 0.127. The molecule has 3 aromatic rings. The van der Waals surface area contributed by atoms with Crippen LogP contribution in [0.4, 0.5) is 10.5 Å². The molecule has 2 amide bonds. The lowest BCUT2D eigenvalue weighted by atomic mass is 10.2. The lowest BCUT2D eigenvalue weighted by molar-refractivity contribution is -0.384. The molecule has 8 nitrogen and oxygen atoms in total. The van der Waals surface area contributed by atoms with Gasteiger partial charge in [-0.3, -0.25) is 10.1 Å². The number of hydrazone groups is 1. The smallest absolute Gasteiger partial charge is 0.338 e. The molecule has 0 saturated carbocycles. The second-order valence-corrected chi connectivity index (χ2v) is 6.50. The number of hydrogen-bond acceptors (Lipinski definition) is 5. The zero-order valence-electron chi connectivity index (χ0n) is 16.0. The molecule has 0 aliphatic heterocycles. The van der Waals surface area contributed by atoms with E-state index in [1.165, 1.54) is 24.4 Å². The number of benzene rings is 3. The van der Waals surface area contributed by atoms with Crippen LogP contribution in [0.25, 0.3) is 0 Å². The molecule has 0 aliphatic carbocycles. The predicted molar refractivity (Wildman–Crippen MR) is 113 cm³/mol. The number of phenols is 1. The van der Waals surface area contributed by atoms with Crippen LogP contribution in [0, 0.1) is 10.1 Å². The number of nitro benzene ring substituents is 1. The van der Waals surface area contributed by atoms with Gasteiger partial charge in [0.2, 0.25) is 0 Å². The van der Waals surface area contributed by atoms with Gasteiger partial charge in [-0.25, -0.2) is 10.2 Å². The normalized spacial score (nSPS) is 10.7. The maximum atomic E-state index is 12.7. The van der Waals surface area contributed by atoms with Crippen LogP contribution < -0.4 is 5.43 Å². The van der Waals surface area contributed by atoms with Crippen LogP contribution in [0.5, 0.6) is 5.75 Å². The Balaban J connectivity index is 1.73. The Morgan fingerprint density at radius 2 is 1.57 bits per heavy atom. The van der Waals surface area contributed by atoms with E-state index in [2.05, 4.69) is 10.5 Å². The number of hydrogen-bond donors (Lipinski definition) is 2. The molecular formula is C22H20N4O4. The van der Waals surface area contributed by atoms with Gasteiger partial charge in [0.25, 0.3) is 5.69 Å². The Kier molecular flexibility index (Phi) is 6.73. The maximum absolute atomic E-state index is 12.7. The summed E-state index contributed by atoms with van der Waals surface area (Å²) in [7, 11) is 0. The molecule has 0 spiro atoms.